The van der Waals surface area contributed by atoms with Gasteiger partial charge in [-0.1, -0.05) is 12.8 Å². The summed E-state index contributed by atoms with van der Waals surface area (Å²) in [5.41, 5.74) is 0.342. The number of aliphatic hydroxyl groups excluding tert-OH is 1. The van der Waals surface area contributed by atoms with Crippen LogP contribution in [0.3, 0.4) is 0 Å². The van der Waals surface area contributed by atoms with Gasteiger partial charge in [0.2, 0.25) is 0 Å². The molecule has 1 aliphatic carbocycles. The molecule has 0 saturated heterocycles. The second-order valence-corrected chi connectivity index (χ2v) is 7.63. The largest absolute Gasteiger partial charge is 0.392 e. The van der Waals surface area contributed by atoms with Gasteiger partial charge in [0.1, 0.15) is 4.21 Å². The standard InChI is InChI=1S/C11H17NO3S2/c1-11(4-2-3-5-11)12-17(14,15)10-6-9(7-13)8-16-10/h6,8,12-13H,2-5,7H2,1H3. The van der Waals surface area contributed by atoms with Crippen molar-refractivity contribution >= 4 is 21.4 Å². The fraction of sp³-hybridized carbons (Fsp3) is 0.636. The van der Waals surface area contributed by atoms with E-state index in [0.717, 1.165) is 37.0 Å². The van der Waals surface area contributed by atoms with Crippen LogP contribution in [0.1, 0.15) is 38.2 Å². The van der Waals surface area contributed by atoms with E-state index in [1.807, 2.05) is 6.92 Å². The number of nitrogens with one attached hydrogen (secondary N) is 1. The molecule has 2 N–H and O–H groups in total. The maximum absolute atomic E-state index is 12.1. The van der Waals surface area contributed by atoms with Crippen LogP contribution in [0.2, 0.25) is 0 Å². The summed E-state index contributed by atoms with van der Waals surface area (Å²) in [6.45, 7) is 1.83. The zero-order valence-electron chi connectivity index (χ0n) is 9.77. The van der Waals surface area contributed by atoms with E-state index < -0.39 is 10.0 Å². The molecule has 0 bridgehead atoms. The third-order valence-corrected chi connectivity index (χ3v) is 6.29. The molecule has 4 nitrogen and oxygen atoms in total. The molecular formula is C11H17NO3S2. The first-order valence-corrected chi connectivity index (χ1v) is 8.04. The van der Waals surface area contributed by atoms with Gasteiger partial charge in [0.15, 0.2) is 0 Å². The second kappa shape index (κ2) is 4.68. The summed E-state index contributed by atoms with van der Waals surface area (Å²) in [6, 6.07) is 1.53. The highest BCUT2D eigenvalue weighted by Crippen LogP contribution is 2.31. The minimum absolute atomic E-state index is 0.122. The van der Waals surface area contributed by atoms with Crippen molar-refractivity contribution in [3.8, 4) is 0 Å². The minimum Gasteiger partial charge on any atom is -0.392 e. The summed E-state index contributed by atoms with van der Waals surface area (Å²) >= 11 is 1.15. The minimum atomic E-state index is -3.43. The van der Waals surface area contributed by atoms with E-state index in [9.17, 15) is 8.42 Å². The summed E-state index contributed by atoms with van der Waals surface area (Å²) in [5.74, 6) is 0. The number of thiophene rings is 1. The molecule has 0 aliphatic heterocycles. The molecule has 1 aromatic heterocycles. The summed E-state index contributed by atoms with van der Waals surface area (Å²) in [7, 11) is -3.43. The van der Waals surface area contributed by atoms with Crippen LogP contribution >= 0.6 is 11.3 Å². The Morgan fingerprint density at radius 2 is 2.12 bits per heavy atom. The molecule has 1 saturated carbocycles. The Bertz CT molecular complexity index is 487. The van der Waals surface area contributed by atoms with Crippen LogP contribution in [0.15, 0.2) is 15.7 Å². The van der Waals surface area contributed by atoms with E-state index >= 15 is 0 Å². The van der Waals surface area contributed by atoms with Crippen molar-refractivity contribution in [2.45, 2.75) is 49.0 Å². The van der Waals surface area contributed by atoms with Gasteiger partial charge in [-0.2, -0.15) is 0 Å². The predicted octanol–water partition coefficient (Wildman–Crippen LogP) is 1.85. The average molecular weight is 275 g/mol. The molecule has 6 heteroatoms. The Balaban J connectivity index is 2.18. The predicted molar refractivity (Wildman–Crippen MR) is 67.4 cm³/mol. The second-order valence-electron chi connectivity index (χ2n) is 4.81. The highest BCUT2D eigenvalue weighted by atomic mass is 32.2. The zero-order valence-corrected chi connectivity index (χ0v) is 11.4. The van der Waals surface area contributed by atoms with Crippen LogP contribution in [0.25, 0.3) is 0 Å². The molecule has 0 radical (unpaired) electrons. The fourth-order valence-corrected chi connectivity index (χ4v) is 4.87. The van der Waals surface area contributed by atoms with Crippen LogP contribution < -0.4 is 4.72 Å². The number of aliphatic hydroxyl groups is 1. The van der Waals surface area contributed by atoms with Gasteiger partial charge in [-0.15, -0.1) is 11.3 Å². The van der Waals surface area contributed by atoms with E-state index in [4.69, 9.17) is 5.11 Å². The van der Waals surface area contributed by atoms with E-state index in [1.54, 1.807) is 5.38 Å². The van der Waals surface area contributed by atoms with Crippen molar-refractivity contribution in [2.75, 3.05) is 0 Å². The highest BCUT2D eigenvalue weighted by molar-refractivity contribution is 7.91. The van der Waals surface area contributed by atoms with Gasteiger partial charge in [-0.3, -0.25) is 0 Å². The third-order valence-electron chi connectivity index (χ3n) is 3.17. The molecule has 0 atom stereocenters. The normalized spacial score (nSPS) is 19.6. The van der Waals surface area contributed by atoms with Crippen molar-refractivity contribution in [1.29, 1.82) is 0 Å². The van der Waals surface area contributed by atoms with Crippen molar-refractivity contribution in [3.05, 3.63) is 17.0 Å². The maximum Gasteiger partial charge on any atom is 0.250 e. The summed E-state index contributed by atoms with van der Waals surface area (Å²) in [6.07, 6.45) is 3.94. The smallest absolute Gasteiger partial charge is 0.250 e. The van der Waals surface area contributed by atoms with Gasteiger partial charge in [0.25, 0.3) is 10.0 Å². The molecule has 1 aliphatic rings. The molecular weight excluding hydrogens is 258 g/mol. The van der Waals surface area contributed by atoms with Gasteiger partial charge in [0.05, 0.1) is 6.61 Å². The Morgan fingerprint density at radius 1 is 1.47 bits per heavy atom. The van der Waals surface area contributed by atoms with Crippen LogP contribution in [0.5, 0.6) is 0 Å². The number of hydrogen-bond donors (Lipinski definition) is 2. The molecule has 17 heavy (non-hydrogen) atoms. The zero-order chi connectivity index (χ0) is 12.5. The summed E-state index contributed by atoms with van der Waals surface area (Å²) in [4.78, 5) is 0. The molecule has 1 aromatic rings. The lowest BCUT2D eigenvalue weighted by Gasteiger charge is -2.24. The van der Waals surface area contributed by atoms with Crippen LogP contribution in [0, 0.1) is 0 Å². The average Bonchev–Trinajstić information content (AvgIpc) is 2.85. The quantitative estimate of drug-likeness (QED) is 0.881. The number of hydrogen-bond acceptors (Lipinski definition) is 4. The third kappa shape index (κ3) is 2.88. The van der Waals surface area contributed by atoms with E-state index in [1.165, 1.54) is 6.07 Å². The SMILES string of the molecule is CC1(NS(=O)(=O)c2cc(CO)cs2)CCCC1. The van der Waals surface area contributed by atoms with Gasteiger partial charge < -0.3 is 5.11 Å². The molecule has 1 heterocycles. The van der Waals surface area contributed by atoms with Gasteiger partial charge in [-0.05, 0) is 36.8 Å². The van der Waals surface area contributed by atoms with Gasteiger partial charge in [0, 0.05) is 5.54 Å². The molecule has 0 aromatic carbocycles. The Kier molecular flexibility index (Phi) is 3.58. The highest BCUT2D eigenvalue weighted by Gasteiger charge is 2.33. The monoisotopic (exact) mass is 275 g/mol. The first-order chi connectivity index (χ1) is 7.95. The Hall–Kier alpha value is -0.430. The Labute approximate surface area is 106 Å². The first kappa shape index (κ1) is 13.0. The van der Waals surface area contributed by atoms with Crippen molar-refractivity contribution < 1.29 is 13.5 Å². The van der Waals surface area contributed by atoms with E-state index in [2.05, 4.69) is 4.72 Å². The topological polar surface area (TPSA) is 66.4 Å². The molecule has 2 rings (SSSR count). The first-order valence-electron chi connectivity index (χ1n) is 5.67. The lowest BCUT2D eigenvalue weighted by atomic mass is 10.0. The molecule has 0 spiro atoms. The van der Waals surface area contributed by atoms with Crippen molar-refractivity contribution in [3.63, 3.8) is 0 Å². The lowest BCUT2D eigenvalue weighted by Crippen LogP contribution is -2.43. The number of rotatable bonds is 4. The van der Waals surface area contributed by atoms with Gasteiger partial charge in [-0.25, -0.2) is 13.1 Å². The lowest BCUT2D eigenvalue weighted by molar-refractivity contribution is 0.282. The summed E-state index contributed by atoms with van der Waals surface area (Å²) < 4.78 is 27.4. The maximum atomic E-state index is 12.1. The van der Waals surface area contributed by atoms with Gasteiger partial charge >= 0.3 is 0 Å². The van der Waals surface area contributed by atoms with E-state index in [0.29, 0.717) is 5.56 Å². The van der Waals surface area contributed by atoms with Crippen molar-refractivity contribution in [1.82, 2.24) is 4.72 Å². The van der Waals surface area contributed by atoms with E-state index in [-0.39, 0.29) is 16.4 Å². The van der Waals surface area contributed by atoms with Crippen LogP contribution in [-0.2, 0) is 16.6 Å². The molecule has 1 fully saturated rings. The fourth-order valence-electron chi connectivity index (χ4n) is 2.21. The van der Waals surface area contributed by atoms with Crippen LogP contribution in [-0.4, -0.2) is 19.1 Å². The molecule has 96 valence electrons. The number of sulfonamides is 1. The molecule has 0 unspecified atom stereocenters. The van der Waals surface area contributed by atoms with Crippen molar-refractivity contribution in [2.24, 2.45) is 0 Å². The molecule has 0 amide bonds. The summed E-state index contributed by atoms with van der Waals surface area (Å²) in [5, 5.41) is 10.6. The Morgan fingerprint density at radius 3 is 2.65 bits per heavy atom. The van der Waals surface area contributed by atoms with Crippen LogP contribution in [0.4, 0.5) is 0 Å².